The number of aromatic nitrogens is 2. The van der Waals surface area contributed by atoms with E-state index < -0.39 is 0 Å². The van der Waals surface area contributed by atoms with Crippen LogP contribution in [0.3, 0.4) is 0 Å². The monoisotopic (exact) mass is 228 g/mol. The summed E-state index contributed by atoms with van der Waals surface area (Å²) in [6.07, 6.45) is -0.000365. The van der Waals surface area contributed by atoms with Crippen LogP contribution < -0.4 is 11.1 Å². The number of nitrogens with two attached hydrogens (primary N) is 1. The van der Waals surface area contributed by atoms with Gasteiger partial charge < -0.3 is 20.5 Å². The first-order valence-electron chi connectivity index (χ1n) is 5.14. The number of rotatable bonds is 6. The van der Waals surface area contributed by atoms with Crippen molar-refractivity contribution in [1.82, 2.24) is 9.78 Å². The first-order chi connectivity index (χ1) is 7.60. The van der Waals surface area contributed by atoms with Crippen LogP contribution in [-0.4, -0.2) is 43.3 Å². The van der Waals surface area contributed by atoms with Gasteiger partial charge in [-0.05, 0) is 6.92 Å². The molecule has 1 rings (SSSR count). The van der Waals surface area contributed by atoms with Gasteiger partial charge >= 0.3 is 0 Å². The van der Waals surface area contributed by atoms with E-state index in [1.807, 2.05) is 14.0 Å². The van der Waals surface area contributed by atoms with E-state index in [0.29, 0.717) is 18.8 Å². The summed E-state index contributed by atoms with van der Waals surface area (Å²) in [6, 6.07) is 0. The van der Waals surface area contributed by atoms with Crippen LogP contribution >= 0.6 is 0 Å². The number of ether oxygens (including phenoxy) is 2. The molecule has 1 unspecified atom stereocenters. The van der Waals surface area contributed by atoms with Crippen LogP contribution in [0.25, 0.3) is 0 Å². The van der Waals surface area contributed by atoms with Crippen LogP contribution in [0, 0.1) is 6.92 Å². The summed E-state index contributed by atoms with van der Waals surface area (Å²) < 4.78 is 12.0. The van der Waals surface area contributed by atoms with Crippen LogP contribution in [0.15, 0.2) is 0 Å². The predicted octanol–water partition coefficient (Wildman–Crippen LogP) is 0.384. The summed E-state index contributed by atoms with van der Waals surface area (Å²) in [5.74, 6) is 0.815. The summed E-state index contributed by atoms with van der Waals surface area (Å²) >= 11 is 0. The maximum absolute atomic E-state index is 5.89. The van der Waals surface area contributed by atoms with E-state index >= 15 is 0 Å². The number of anilines is 2. The Kier molecular flexibility index (Phi) is 4.57. The number of hydrogen-bond donors (Lipinski definition) is 2. The van der Waals surface area contributed by atoms with Gasteiger partial charge in [0.05, 0.1) is 24.1 Å². The Balaban J connectivity index is 2.59. The third-order valence-corrected chi connectivity index (χ3v) is 2.45. The fourth-order valence-corrected chi connectivity index (χ4v) is 1.49. The Morgan fingerprint density at radius 3 is 2.62 bits per heavy atom. The molecule has 0 radical (unpaired) electrons. The molecule has 0 bridgehead atoms. The average Bonchev–Trinajstić information content (AvgIpc) is 2.49. The molecule has 0 spiro atoms. The van der Waals surface area contributed by atoms with Crippen molar-refractivity contribution in [3.8, 4) is 0 Å². The van der Waals surface area contributed by atoms with Crippen LogP contribution in [0.2, 0.25) is 0 Å². The lowest BCUT2D eigenvalue weighted by Crippen LogP contribution is -2.27. The molecule has 0 saturated carbocycles. The van der Waals surface area contributed by atoms with Gasteiger partial charge in [-0.3, -0.25) is 4.68 Å². The SMILES string of the molecule is COCC(CNc1c(N)c(C)nn1C)OC. The molecule has 0 aromatic carbocycles. The van der Waals surface area contributed by atoms with Crippen LogP contribution in [0.4, 0.5) is 11.5 Å². The molecule has 6 heteroatoms. The fourth-order valence-electron chi connectivity index (χ4n) is 1.49. The summed E-state index contributed by atoms with van der Waals surface area (Å²) in [7, 11) is 5.15. The quantitative estimate of drug-likeness (QED) is 0.736. The molecule has 0 aliphatic carbocycles. The molecule has 1 aromatic heterocycles. The Labute approximate surface area is 95.7 Å². The lowest BCUT2D eigenvalue weighted by molar-refractivity contribution is 0.0365. The Morgan fingerprint density at radius 1 is 1.50 bits per heavy atom. The number of methoxy groups -OCH3 is 2. The predicted molar refractivity (Wildman–Crippen MR) is 63.5 cm³/mol. The highest BCUT2D eigenvalue weighted by atomic mass is 16.5. The van der Waals surface area contributed by atoms with Crippen LogP contribution in [0.1, 0.15) is 5.69 Å². The lowest BCUT2D eigenvalue weighted by atomic mass is 10.3. The Bertz CT molecular complexity index is 338. The summed E-state index contributed by atoms with van der Waals surface area (Å²) in [6.45, 7) is 3.05. The molecular formula is C10H20N4O2. The number of aryl methyl sites for hydroxylation is 2. The van der Waals surface area contributed by atoms with E-state index in [2.05, 4.69) is 10.4 Å². The molecule has 0 aliphatic heterocycles. The second-order valence-electron chi connectivity index (χ2n) is 3.67. The van der Waals surface area contributed by atoms with Crippen molar-refractivity contribution < 1.29 is 9.47 Å². The van der Waals surface area contributed by atoms with E-state index in [1.165, 1.54) is 0 Å². The molecule has 16 heavy (non-hydrogen) atoms. The number of nitrogens with zero attached hydrogens (tertiary/aromatic N) is 2. The third kappa shape index (κ3) is 2.86. The van der Waals surface area contributed by atoms with Crippen molar-refractivity contribution in [2.75, 3.05) is 38.4 Å². The molecule has 6 nitrogen and oxygen atoms in total. The number of nitrogens with one attached hydrogen (secondary N) is 1. The van der Waals surface area contributed by atoms with Gasteiger partial charge in [0.1, 0.15) is 5.82 Å². The second-order valence-corrected chi connectivity index (χ2v) is 3.67. The van der Waals surface area contributed by atoms with Crippen LogP contribution in [0.5, 0.6) is 0 Å². The van der Waals surface area contributed by atoms with E-state index in [4.69, 9.17) is 15.2 Å². The minimum atomic E-state index is -0.000365. The molecule has 0 amide bonds. The summed E-state index contributed by atoms with van der Waals surface area (Å²) in [5, 5.41) is 7.43. The zero-order valence-electron chi connectivity index (χ0n) is 10.3. The molecule has 0 saturated heterocycles. The molecule has 3 N–H and O–H groups in total. The first-order valence-corrected chi connectivity index (χ1v) is 5.14. The van der Waals surface area contributed by atoms with Gasteiger partial charge in [0, 0.05) is 27.8 Å². The normalized spacial score (nSPS) is 12.8. The minimum absolute atomic E-state index is 0.000365. The third-order valence-electron chi connectivity index (χ3n) is 2.45. The molecule has 0 aliphatic rings. The highest BCUT2D eigenvalue weighted by Gasteiger charge is 2.12. The number of nitrogen functional groups attached to an aromatic ring is 1. The van der Waals surface area contributed by atoms with E-state index in [0.717, 1.165) is 11.5 Å². The summed E-state index contributed by atoms with van der Waals surface area (Å²) in [4.78, 5) is 0. The van der Waals surface area contributed by atoms with Crippen molar-refractivity contribution in [2.45, 2.75) is 13.0 Å². The molecule has 1 heterocycles. The standard InChI is InChI=1S/C10H20N4O2/c1-7-9(11)10(14(2)13-7)12-5-8(16-4)6-15-3/h8,12H,5-6,11H2,1-4H3. The highest BCUT2D eigenvalue weighted by Crippen LogP contribution is 2.20. The van der Waals surface area contributed by atoms with Gasteiger partial charge in [0.25, 0.3) is 0 Å². The maximum Gasteiger partial charge on any atom is 0.147 e. The first kappa shape index (κ1) is 12.8. The van der Waals surface area contributed by atoms with Gasteiger partial charge in [-0.15, -0.1) is 0 Å². The maximum atomic E-state index is 5.89. The average molecular weight is 228 g/mol. The van der Waals surface area contributed by atoms with Crippen molar-refractivity contribution >= 4 is 11.5 Å². The highest BCUT2D eigenvalue weighted by molar-refractivity contribution is 5.64. The van der Waals surface area contributed by atoms with E-state index in [9.17, 15) is 0 Å². The zero-order valence-corrected chi connectivity index (χ0v) is 10.3. The van der Waals surface area contributed by atoms with Gasteiger partial charge in [-0.1, -0.05) is 0 Å². The lowest BCUT2D eigenvalue weighted by Gasteiger charge is -2.16. The van der Waals surface area contributed by atoms with E-state index in [1.54, 1.807) is 18.9 Å². The number of hydrogen-bond acceptors (Lipinski definition) is 5. The van der Waals surface area contributed by atoms with Crippen molar-refractivity contribution in [3.63, 3.8) is 0 Å². The molecule has 1 atom stereocenters. The van der Waals surface area contributed by atoms with Gasteiger partial charge in [0.15, 0.2) is 0 Å². The largest absolute Gasteiger partial charge is 0.394 e. The van der Waals surface area contributed by atoms with Gasteiger partial charge in [-0.25, -0.2) is 0 Å². The fraction of sp³-hybridized carbons (Fsp3) is 0.700. The summed E-state index contributed by atoms with van der Waals surface area (Å²) in [5.41, 5.74) is 7.39. The van der Waals surface area contributed by atoms with Crippen molar-refractivity contribution in [3.05, 3.63) is 5.69 Å². The second kappa shape index (κ2) is 5.72. The molecule has 0 fully saturated rings. The van der Waals surface area contributed by atoms with Crippen LogP contribution in [-0.2, 0) is 16.5 Å². The Hall–Kier alpha value is -1.27. The molecule has 1 aromatic rings. The van der Waals surface area contributed by atoms with Crippen molar-refractivity contribution in [2.24, 2.45) is 7.05 Å². The Morgan fingerprint density at radius 2 is 2.19 bits per heavy atom. The zero-order chi connectivity index (χ0) is 12.1. The molecule has 92 valence electrons. The topological polar surface area (TPSA) is 74.3 Å². The van der Waals surface area contributed by atoms with Gasteiger partial charge in [-0.2, -0.15) is 5.10 Å². The van der Waals surface area contributed by atoms with E-state index in [-0.39, 0.29) is 6.10 Å². The minimum Gasteiger partial charge on any atom is -0.394 e. The van der Waals surface area contributed by atoms with Crippen molar-refractivity contribution in [1.29, 1.82) is 0 Å². The smallest absolute Gasteiger partial charge is 0.147 e. The molecular weight excluding hydrogens is 208 g/mol. The van der Waals surface area contributed by atoms with Gasteiger partial charge in [0.2, 0.25) is 0 Å².